The van der Waals surface area contributed by atoms with Crippen LogP contribution in [0.2, 0.25) is 0 Å². The Balaban J connectivity index is 1.60. The number of nitrogens with zero attached hydrogens (tertiary/aromatic N) is 2. The largest absolute Gasteiger partial charge is 0.256 e. The van der Waals surface area contributed by atoms with Crippen LogP contribution in [0.3, 0.4) is 0 Å². The van der Waals surface area contributed by atoms with E-state index >= 15 is 0 Å². The lowest BCUT2D eigenvalue weighted by Crippen LogP contribution is -1.85. The van der Waals surface area contributed by atoms with Crippen LogP contribution < -0.4 is 0 Å². The lowest BCUT2D eigenvalue weighted by molar-refractivity contribution is 0.626. The van der Waals surface area contributed by atoms with Gasteiger partial charge in [-0.3, -0.25) is 4.99 Å². The average molecular weight is 346 g/mol. The zero-order valence-corrected chi connectivity index (χ0v) is 14.4. The molecule has 0 bridgehead atoms. The van der Waals surface area contributed by atoms with Crippen molar-refractivity contribution in [2.24, 2.45) is 4.99 Å². The molecule has 25 heavy (non-hydrogen) atoms. The van der Waals surface area contributed by atoms with Crippen molar-refractivity contribution in [2.45, 2.75) is 6.92 Å². The van der Waals surface area contributed by atoms with Gasteiger partial charge in [0.2, 0.25) is 0 Å². The molecule has 0 N–H and O–H groups in total. The number of fused-ring (bicyclic) bond motifs is 1. The Kier molecular flexibility index (Phi) is 4.12. The van der Waals surface area contributed by atoms with Crippen molar-refractivity contribution in [3.05, 3.63) is 83.7 Å². The van der Waals surface area contributed by atoms with E-state index in [2.05, 4.69) is 35.1 Å². The second-order valence-electron chi connectivity index (χ2n) is 5.82. The number of aromatic nitrogens is 1. The highest BCUT2D eigenvalue weighted by Crippen LogP contribution is 2.31. The van der Waals surface area contributed by atoms with Gasteiger partial charge in [0.25, 0.3) is 0 Å². The molecule has 0 fully saturated rings. The average Bonchev–Trinajstić information content (AvgIpc) is 3.04. The zero-order valence-electron chi connectivity index (χ0n) is 13.6. The molecule has 4 aromatic rings. The lowest BCUT2D eigenvalue weighted by atomic mass is 10.2. The fraction of sp³-hybridized carbons (Fsp3) is 0.0476. The smallest absolute Gasteiger partial charge is 0.131 e. The van der Waals surface area contributed by atoms with E-state index in [1.165, 1.54) is 16.3 Å². The Morgan fingerprint density at radius 3 is 2.60 bits per heavy atom. The lowest BCUT2D eigenvalue weighted by Gasteiger charge is -1.98. The molecule has 4 heteroatoms. The minimum atomic E-state index is -0.271. The molecule has 4 rings (SSSR count). The number of aliphatic imine (C=N–C) groups is 1. The quantitative estimate of drug-likeness (QED) is 0.408. The fourth-order valence-electron chi connectivity index (χ4n) is 2.57. The highest BCUT2D eigenvalue weighted by Gasteiger charge is 2.06. The van der Waals surface area contributed by atoms with E-state index < -0.39 is 0 Å². The van der Waals surface area contributed by atoms with E-state index in [0.29, 0.717) is 5.56 Å². The first-order chi connectivity index (χ1) is 12.2. The summed E-state index contributed by atoms with van der Waals surface area (Å²) in [7, 11) is 0. The number of hydrogen-bond acceptors (Lipinski definition) is 3. The highest BCUT2D eigenvalue weighted by molar-refractivity contribution is 7.21. The van der Waals surface area contributed by atoms with Crippen molar-refractivity contribution in [1.29, 1.82) is 0 Å². The van der Waals surface area contributed by atoms with Crippen LogP contribution in [0.15, 0.2) is 71.7 Å². The number of aryl methyl sites for hydroxylation is 1. The van der Waals surface area contributed by atoms with Crippen LogP contribution in [0.1, 0.15) is 11.1 Å². The molecule has 0 unspecified atom stereocenters. The number of hydrogen-bond donors (Lipinski definition) is 0. The van der Waals surface area contributed by atoms with Gasteiger partial charge in [0.15, 0.2) is 0 Å². The van der Waals surface area contributed by atoms with Crippen molar-refractivity contribution >= 4 is 33.5 Å². The molecule has 0 aliphatic rings. The van der Waals surface area contributed by atoms with E-state index in [0.717, 1.165) is 21.8 Å². The van der Waals surface area contributed by atoms with E-state index in [1.807, 2.05) is 24.3 Å². The van der Waals surface area contributed by atoms with Crippen LogP contribution >= 0.6 is 11.3 Å². The third kappa shape index (κ3) is 3.35. The summed E-state index contributed by atoms with van der Waals surface area (Å²) in [5.74, 6) is -0.271. The highest BCUT2D eigenvalue weighted by atomic mass is 32.1. The Labute approximate surface area is 149 Å². The SMILES string of the molecule is Cc1ccc2nc(-c3ccc(N=Cc4ccccc4F)cc3)sc2c1. The third-order valence-electron chi connectivity index (χ3n) is 3.92. The maximum atomic E-state index is 13.6. The van der Waals surface area contributed by atoms with Crippen LogP contribution in [0.5, 0.6) is 0 Å². The number of halogens is 1. The van der Waals surface area contributed by atoms with E-state index in [-0.39, 0.29) is 5.82 Å². The van der Waals surface area contributed by atoms with E-state index in [9.17, 15) is 4.39 Å². The van der Waals surface area contributed by atoms with Gasteiger partial charge in [0.1, 0.15) is 10.8 Å². The summed E-state index contributed by atoms with van der Waals surface area (Å²) in [6, 6.07) is 20.7. The van der Waals surface area contributed by atoms with Gasteiger partial charge in [-0.2, -0.15) is 0 Å². The molecule has 0 amide bonds. The Hall–Kier alpha value is -2.85. The van der Waals surface area contributed by atoms with Gasteiger partial charge in [-0.25, -0.2) is 9.37 Å². The third-order valence-corrected chi connectivity index (χ3v) is 4.98. The van der Waals surface area contributed by atoms with Crippen LogP contribution in [0.25, 0.3) is 20.8 Å². The molecule has 3 aromatic carbocycles. The molecular formula is C21H15FN2S. The standard InChI is InChI=1S/C21H15FN2S/c1-14-6-11-19-20(12-14)25-21(24-19)15-7-9-17(10-8-15)23-13-16-4-2-3-5-18(16)22/h2-13H,1H3. The van der Waals surface area contributed by atoms with Gasteiger partial charge in [0, 0.05) is 17.3 Å². The molecule has 0 radical (unpaired) electrons. The molecular weight excluding hydrogens is 331 g/mol. The molecule has 122 valence electrons. The summed E-state index contributed by atoms with van der Waals surface area (Å²) < 4.78 is 14.8. The summed E-state index contributed by atoms with van der Waals surface area (Å²) in [6.07, 6.45) is 1.55. The van der Waals surface area contributed by atoms with Crippen molar-refractivity contribution < 1.29 is 4.39 Å². The van der Waals surface area contributed by atoms with E-state index in [4.69, 9.17) is 0 Å². The Morgan fingerprint density at radius 2 is 1.80 bits per heavy atom. The van der Waals surface area contributed by atoms with Crippen molar-refractivity contribution in [3.8, 4) is 10.6 Å². The predicted molar refractivity (Wildman–Crippen MR) is 103 cm³/mol. The molecule has 0 saturated carbocycles. The van der Waals surface area contributed by atoms with Gasteiger partial charge >= 0.3 is 0 Å². The van der Waals surface area contributed by atoms with Crippen molar-refractivity contribution in [1.82, 2.24) is 4.98 Å². The van der Waals surface area contributed by atoms with Crippen LogP contribution in [-0.2, 0) is 0 Å². The van der Waals surface area contributed by atoms with Crippen LogP contribution in [0, 0.1) is 12.7 Å². The predicted octanol–water partition coefficient (Wildman–Crippen LogP) is 6.16. The molecule has 0 aliphatic carbocycles. The van der Waals surface area contributed by atoms with Crippen molar-refractivity contribution in [2.75, 3.05) is 0 Å². The summed E-state index contributed by atoms with van der Waals surface area (Å²) in [5.41, 5.74) is 4.58. The van der Waals surface area contributed by atoms with Crippen LogP contribution in [-0.4, -0.2) is 11.2 Å². The normalized spacial score (nSPS) is 11.4. The maximum Gasteiger partial charge on any atom is 0.131 e. The number of thiazole rings is 1. The summed E-state index contributed by atoms with van der Waals surface area (Å²) in [4.78, 5) is 9.03. The fourth-order valence-corrected chi connectivity index (χ4v) is 3.64. The molecule has 0 saturated heterocycles. The topological polar surface area (TPSA) is 25.2 Å². The van der Waals surface area contributed by atoms with Gasteiger partial charge in [-0.1, -0.05) is 24.3 Å². The minimum absolute atomic E-state index is 0.271. The molecule has 0 atom stereocenters. The minimum Gasteiger partial charge on any atom is -0.256 e. The van der Waals surface area contributed by atoms with Gasteiger partial charge in [-0.15, -0.1) is 11.3 Å². The first kappa shape index (κ1) is 15.7. The second-order valence-corrected chi connectivity index (χ2v) is 6.85. The summed E-state index contributed by atoms with van der Waals surface area (Å²) in [5, 5.41) is 0.991. The maximum absolute atomic E-state index is 13.6. The molecule has 1 aromatic heterocycles. The van der Waals surface area contributed by atoms with E-state index in [1.54, 1.807) is 35.8 Å². The molecule has 0 spiro atoms. The summed E-state index contributed by atoms with van der Waals surface area (Å²) >= 11 is 1.68. The number of rotatable bonds is 3. The Morgan fingerprint density at radius 1 is 1.00 bits per heavy atom. The van der Waals surface area contributed by atoms with Gasteiger partial charge < -0.3 is 0 Å². The first-order valence-electron chi connectivity index (χ1n) is 7.95. The van der Waals surface area contributed by atoms with Gasteiger partial charge in [-0.05, 0) is 55.0 Å². The molecule has 2 nitrogen and oxygen atoms in total. The first-order valence-corrected chi connectivity index (χ1v) is 8.77. The summed E-state index contributed by atoms with van der Waals surface area (Å²) in [6.45, 7) is 2.08. The second kappa shape index (κ2) is 6.57. The zero-order chi connectivity index (χ0) is 17.2. The monoisotopic (exact) mass is 346 g/mol. The van der Waals surface area contributed by atoms with Gasteiger partial charge in [0.05, 0.1) is 15.9 Å². The van der Waals surface area contributed by atoms with Crippen molar-refractivity contribution in [3.63, 3.8) is 0 Å². The molecule has 0 aliphatic heterocycles. The Bertz CT molecular complexity index is 1060. The van der Waals surface area contributed by atoms with Crippen LogP contribution in [0.4, 0.5) is 10.1 Å². The molecule has 1 heterocycles. The number of benzene rings is 3.